The maximum absolute atomic E-state index is 12.9. The molecule has 24 heavy (non-hydrogen) atoms. The monoisotopic (exact) mass is 379 g/mol. The first kappa shape index (κ1) is 19.9. The van der Waals surface area contributed by atoms with Crippen molar-refractivity contribution in [3.05, 3.63) is 0 Å². The first-order valence-corrected chi connectivity index (χ1v) is 10.7. The van der Waals surface area contributed by atoms with Gasteiger partial charge in [-0.2, -0.15) is 4.31 Å². The Kier molecular flexibility index (Phi) is 6.21. The second-order valence-electron chi connectivity index (χ2n) is 7.46. The van der Waals surface area contributed by atoms with E-state index in [0.717, 1.165) is 25.7 Å². The van der Waals surface area contributed by atoms with Gasteiger partial charge in [0, 0.05) is 31.7 Å². The summed E-state index contributed by atoms with van der Waals surface area (Å²) in [6, 6.07) is 0.0508. The zero-order valence-corrected chi connectivity index (χ0v) is 16.2. The summed E-state index contributed by atoms with van der Waals surface area (Å²) in [7, 11) is -3.17. The van der Waals surface area contributed by atoms with E-state index in [2.05, 4.69) is 0 Å². The molecule has 140 valence electrons. The van der Waals surface area contributed by atoms with Gasteiger partial charge in [0.25, 0.3) is 0 Å². The number of nitrogens with two attached hydrogens (primary N) is 1. The van der Waals surface area contributed by atoms with Crippen LogP contribution in [-0.4, -0.2) is 61.5 Å². The third-order valence-corrected chi connectivity index (χ3v) is 7.60. The molecule has 2 aliphatic carbocycles. The van der Waals surface area contributed by atoms with Gasteiger partial charge < -0.3 is 10.6 Å². The highest BCUT2D eigenvalue weighted by Crippen LogP contribution is 2.48. The zero-order chi connectivity index (χ0) is 16.8. The maximum atomic E-state index is 12.9. The van der Waals surface area contributed by atoms with Gasteiger partial charge in [-0.1, -0.05) is 6.92 Å². The largest absolute Gasteiger partial charge is 0.342 e. The van der Waals surface area contributed by atoms with Gasteiger partial charge in [0.15, 0.2) is 0 Å². The molecule has 0 radical (unpaired) electrons. The Morgan fingerprint density at radius 3 is 2.21 bits per heavy atom. The third-order valence-electron chi connectivity index (χ3n) is 6.19. The molecule has 1 amide bonds. The molecule has 4 unspecified atom stereocenters. The molecule has 1 aliphatic heterocycles. The zero-order valence-electron chi connectivity index (χ0n) is 14.6. The van der Waals surface area contributed by atoms with E-state index in [1.807, 2.05) is 11.8 Å². The van der Waals surface area contributed by atoms with E-state index in [9.17, 15) is 13.2 Å². The lowest BCUT2D eigenvalue weighted by molar-refractivity contribution is -0.139. The Morgan fingerprint density at radius 1 is 1.17 bits per heavy atom. The van der Waals surface area contributed by atoms with Crippen LogP contribution in [0.15, 0.2) is 0 Å². The fraction of sp³-hybridized carbons (Fsp3) is 0.938. The number of nitrogens with zero attached hydrogens (tertiary/aromatic N) is 2. The average Bonchev–Trinajstić information content (AvgIpc) is 3.07. The summed E-state index contributed by atoms with van der Waals surface area (Å²) in [5.41, 5.74) is 6.29. The molecule has 0 aromatic carbocycles. The lowest BCUT2D eigenvalue weighted by atomic mass is 9.83. The summed E-state index contributed by atoms with van der Waals surface area (Å²) in [5, 5.41) is 0. The minimum Gasteiger partial charge on any atom is -0.342 e. The molecule has 3 rings (SSSR count). The van der Waals surface area contributed by atoms with Gasteiger partial charge in [-0.15, -0.1) is 12.4 Å². The number of rotatable bonds is 4. The molecule has 8 heteroatoms. The van der Waals surface area contributed by atoms with E-state index < -0.39 is 10.0 Å². The highest BCUT2D eigenvalue weighted by atomic mass is 35.5. The molecule has 3 fully saturated rings. The van der Waals surface area contributed by atoms with Gasteiger partial charge in [0.1, 0.15) is 0 Å². The second-order valence-corrected chi connectivity index (χ2v) is 9.39. The van der Waals surface area contributed by atoms with Gasteiger partial charge in [-0.05, 0) is 43.9 Å². The minimum atomic E-state index is -3.17. The van der Waals surface area contributed by atoms with Crippen LogP contribution in [0, 0.1) is 17.8 Å². The fourth-order valence-electron chi connectivity index (χ4n) is 5.05. The van der Waals surface area contributed by atoms with Crippen molar-refractivity contribution in [2.75, 3.05) is 25.9 Å². The van der Waals surface area contributed by atoms with E-state index >= 15 is 0 Å². The van der Waals surface area contributed by atoms with Crippen molar-refractivity contribution in [3.63, 3.8) is 0 Å². The predicted octanol–water partition coefficient (Wildman–Crippen LogP) is 1.05. The molecule has 2 N–H and O–H groups in total. The standard InChI is InChI=1S/C16H29N3O3S.ClH/c1-3-19(23(2,21)22)13-6-8-18(9-7-13)16(20)14-11-4-5-12(10-11)15(14)17;/h11-15H,3-10,17H2,1-2H3;1H. The first-order valence-electron chi connectivity index (χ1n) is 8.84. The highest BCUT2D eigenvalue weighted by molar-refractivity contribution is 7.88. The molecule has 2 saturated carbocycles. The smallest absolute Gasteiger partial charge is 0.227 e. The van der Waals surface area contributed by atoms with Gasteiger partial charge in [0.2, 0.25) is 15.9 Å². The molecule has 0 spiro atoms. The number of carbonyl (C=O) groups excluding carboxylic acids is 1. The topological polar surface area (TPSA) is 83.7 Å². The van der Waals surface area contributed by atoms with E-state index in [-0.39, 0.29) is 36.3 Å². The van der Waals surface area contributed by atoms with Crippen LogP contribution in [0.1, 0.15) is 39.0 Å². The molecule has 1 heterocycles. The van der Waals surface area contributed by atoms with Crippen molar-refractivity contribution in [2.24, 2.45) is 23.5 Å². The SMILES string of the molecule is CCN(C1CCN(C(=O)C2C3CCC(C3)C2N)CC1)S(C)(=O)=O.Cl. The summed E-state index contributed by atoms with van der Waals surface area (Å²) in [6.07, 6.45) is 6.15. The Balaban J connectivity index is 0.00000208. The van der Waals surface area contributed by atoms with Crippen LogP contribution in [0.5, 0.6) is 0 Å². The van der Waals surface area contributed by atoms with E-state index in [1.54, 1.807) is 4.31 Å². The van der Waals surface area contributed by atoms with Crippen LogP contribution in [0.4, 0.5) is 0 Å². The van der Waals surface area contributed by atoms with Crippen LogP contribution in [0.25, 0.3) is 0 Å². The lowest BCUT2D eigenvalue weighted by Gasteiger charge is -2.39. The summed E-state index contributed by atoms with van der Waals surface area (Å²) in [4.78, 5) is 14.8. The number of hydrogen-bond donors (Lipinski definition) is 1. The van der Waals surface area contributed by atoms with Crippen molar-refractivity contribution in [1.82, 2.24) is 9.21 Å². The molecule has 4 atom stereocenters. The molecular formula is C16H30ClN3O3S. The van der Waals surface area contributed by atoms with Crippen LogP contribution in [0.3, 0.4) is 0 Å². The van der Waals surface area contributed by atoms with E-state index in [4.69, 9.17) is 5.73 Å². The maximum Gasteiger partial charge on any atom is 0.227 e. The third kappa shape index (κ3) is 3.59. The minimum absolute atomic E-state index is 0. The Labute approximate surface area is 151 Å². The fourth-order valence-corrected chi connectivity index (χ4v) is 6.27. The summed E-state index contributed by atoms with van der Waals surface area (Å²) < 4.78 is 25.3. The summed E-state index contributed by atoms with van der Waals surface area (Å²) >= 11 is 0. The van der Waals surface area contributed by atoms with Crippen molar-refractivity contribution in [3.8, 4) is 0 Å². The van der Waals surface area contributed by atoms with Crippen LogP contribution in [0.2, 0.25) is 0 Å². The number of sulfonamides is 1. The van der Waals surface area contributed by atoms with E-state index in [0.29, 0.717) is 31.5 Å². The molecule has 3 aliphatic rings. The number of carbonyl (C=O) groups is 1. The van der Waals surface area contributed by atoms with Crippen molar-refractivity contribution in [2.45, 2.75) is 51.1 Å². The number of piperidine rings is 1. The van der Waals surface area contributed by atoms with Crippen LogP contribution < -0.4 is 5.73 Å². The number of fused-ring (bicyclic) bond motifs is 2. The molecule has 1 saturated heterocycles. The number of hydrogen-bond acceptors (Lipinski definition) is 4. The van der Waals surface area contributed by atoms with Crippen molar-refractivity contribution < 1.29 is 13.2 Å². The highest BCUT2D eigenvalue weighted by Gasteiger charge is 2.50. The normalized spacial score (nSPS) is 33.8. The Hall–Kier alpha value is -0.370. The van der Waals surface area contributed by atoms with Crippen LogP contribution in [-0.2, 0) is 14.8 Å². The van der Waals surface area contributed by atoms with E-state index in [1.165, 1.54) is 12.7 Å². The van der Waals surface area contributed by atoms with Crippen molar-refractivity contribution >= 4 is 28.3 Å². The van der Waals surface area contributed by atoms with Gasteiger partial charge in [0.05, 0.1) is 12.2 Å². The lowest BCUT2D eigenvalue weighted by Crippen LogP contribution is -2.52. The number of halogens is 1. The molecular weight excluding hydrogens is 350 g/mol. The Bertz CT molecular complexity index is 561. The molecule has 0 aromatic rings. The average molecular weight is 380 g/mol. The Morgan fingerprint density at radius 2 is 1.75 bits per heavy atom. The summed E-state index contributed by atoms with van der Waals surface area (Å²) in [6.45, 7) is 3.66. The molecule has 6 nitrogen and oxygen atoms in total. The molecule has 2 bridgehead atoms. The van der Waals surface area contributed by atoms with Crippen LogP contribution >= 0.6 is 12.4 Å². The first-order chi connectivity index (χ1) is 10.8. The van der Waals surface area contributed by atoms with Gasteiger partial charge in [-0.25, -0.2) is 8.42 Å². The number of likely N-dealkylation sites (tertiary alicyclic amines) is 1. The molecule has 0 aromatic heterocycles. The predicted molar refractivity (Wildman–Crippen MR) is 96.4 cm³/mol. The quantitative estimate of drug-likeness (QED) is 0.791. The van der Waals surface area contributed by atoms with Crippen molar-refractivity contribution in [1.29, 1.82) is 0 Å². The van der Waals surface area contributed by atoms with Gasteiger partial charge >= 0.3 is 0 Å². The van der Waals surface area contributed by atoms with Gasteiger partial charge in [-0.3, -0.25) is 4.79 Å². The second kappa shape index (κ2) is 7.48. The summed E-state index contributed by atoms with van der Waals surface area (Å²) in [5.74, 6) is 1.23. The number of amides is 1.